The molecule has 4 heteroatoms. The minimum atomic E-state index is 0.315. The van der Waals surface area contributed by atoms with Crippen LogP contribution in [-0.4, -0.2) is 0 Å². The highest BCUT2D eigenvalue weighted by molar-refractivity contribution is 6.32. The quantitative estimate of drug-likeness (QED) is 0.822. The lowest BCUT2D eigenvalue weighted by Gasteiger charge is -2.10. The molecule has 0 unspecified atom stereocenters. The lowest BCUT2D eigenvalue weighted by molar-refractivity contribution is 0.485. The number of para-hydroxylation sites is 2. The number of nitrogen functional groups attached to an aromatic ring is 1. The van der Waals surface area contributed by atoms with E-state index in [1.165, 1.54) is 0 Å². The lowest BCUT2D eigenvalue weighted by Crippen LogP contribution is -1.95. The molecule has 0 saturated heterocycles. The fourth-order valence-corrected chi connectivity index (χ4v) is 1.55. The van der Waals surface area contributed by atoms with Crippen LogP contribution < -0.4 is 10.5 Å². The molecule has 2 N–H and O–H groups in total. The summed E-state index contributed by atoms with van der Waals surface area (Å²) >= 11 is 5.97. The molecule has 2 aromatic carbocycles. The van der Waals surface area contributed by atoms with Gasteiger partial charge in [-0.05, 0) is 24.3 Å². The third-order valence-electron chi connectivity index (χ3n) is 2.24. The summed E-state index contributed by atoms with van der Waals surface area (Å²) in [5.74, 6) is 0.938. The van der Waals surface area contributed by atoms with Crippen molar-refractivity contribution >= 4 is 17.3 Å². The molecule has 3 nitrogen and oxygen atoms in total. The van der Waals surface area contributed by atoms with Gasteiger partial charge in [-0.3, -0.25) is 0 Å². The Morgan fingerprint density at radius 3 is 2.47 bits per heavy atom. The zero-order chi connectivity index (χ0) is 12.3. The Morgan fingerprint density at radius 1 is 1.06 bits per heavy atom. The maximum atomic E-state index is 8.85. The molecule has 0 bridgehead atoms. The first-order valence-corrected chi connectivity index (χ1v) is 5.31. The van der Waals surface area contributed by atoms with Crippen LogP contribution in [0.1, 0.15) is 5.56 Å². The normalized spacial score (nSPS) is 9.65. The van der Waals surface area contributed by atoms with Gasteiger partial charge in [0.1, 0.15) is 11.8 Å². The minimum absolute atomic E-state index is 0.315. The van der Waals surface area contributed by atoms with Gasteiger partial charge in [0.25, 0.3) is 0 Å². The first kappa shape index (κ1) is 11.3. The first-order chi connectivity index (χ1) is 8.22. The van der Waals surface area contributed by atoms with Crippen molar-refractivity contribution in [2.24, 2.45) is 0 Å². The van der Waals surface area contributed by atoms with Gasteiger partial charge in [-0.25, -0.2) is 0 Å². The third kappa shape index (κ3) is 2.32. The van der Waals surface area contributed by atoms with E-state index in [4.69, 9.17) is 27.3 Å². The van der Waals surface area contributed by atoms with Crippen LogP contribution in [0.3, 0.4) is 0 Å². The first-order valence-electron chi connectivity index (χ1n) is 4.93. The van der Waals surface area contributed by atoms with Crippen LogP contribution in [0.25, 0.3) is 0 Å². The Morgan fingerprint density at radius 2 is 1.76 bits per heavy atom. The zero-order valence-electron chi connectivity index (χ0n) is 8.85. The summed E-state index contributed by atoms with van der Waals surface area (Å²) in [6.07, 6.45) is 0. The zero-order valence-corrected chi connectivity index (χ0v) is 9.61. The van der Waals surface area contributed by atoms with Gasteiger partial charge in [0, 0.05) is 0 Å². The summed E-state index contributed by atoms with van der Waals surface area (Å²) in [5.41, 5.74) is 6.50. The van der Waals surface area contributed by atoms with Crippen LogP contribution in [0.4, 0.5) is 5.69 Å². The van der Waals surface area contributed by atoms with Crippen molar-refractivity contribution in [1.82, 2.24) is 0 Å². The van der Waals surface area contributed by atoms with Crippen molar-refractivity contribution in [2.45, 2.75) is 0 Å². The number of nitriles is 1. The molecule has 0 heterocycles. The summed E-state index contributed by atoms with van der Waals surface area (Å²) in [7, 11) is 0. The smallest absolute Gasteiger partial charge is 0.151 e. The van der Waals surface area contributed by atoms with Crippen molar-refractivity contribution in [3.63, 3.8) is 0 Å². The molecule has 0 aliphatic carbocycles. The van der Waals surface area contributed by atoms with Crippen LogP contribution in [0.2, 0.25) is 5.02 Å². The van der Waals surface area contributed by atoms with Crippen molar-refractivity contribution in [3.05, 3.63) is 53.1 Å². The highest BCUT2D eigenvalue weighted by Gasteiger charge is 2.08. The minimum Gasteiger partial charge on any atom is -0.454 e. The van der Waals surface area contributed by atoms with Crippen LogP contribution >= 0.6 is 11.6 Å². The summed E-state index contributed by atoms with van der Waals surface area (Å²) in [4.78, 5) is 0. The number of halogens is 1. The van der Waals surface area contributed by atoms with Crippen molar-refractivity contribution in [2.75, 3.05) is 5.73 Å². The second-order valence-electron chi connectivity index (χ2n) is 3.36. The molecule has 0 fully saturated rings. The van der Waals surface area contributed by atoms with Crippen molar-refractivity contribution in [3.8, 4) is 17.6 Å². The average Bonchev–Trinajstić information content (AvgIpc) is 2.34. The van der Waals surface area contributed by atoms with E-state index in [0.29, 0.717) is 27.8 Å². The van der Waals surface area contributed by atoms with Gasteiger partial charge in [-0.2, -0.15) is 5.26 Å². The molecule has 0 aromatic heterocycles. The van der Waals surface area contributed by atoms with E-state index in [2.05, 4.69) is 0 Å². The summed E-state index contributed by atoms with van der Waals surface area (Å²) < 4.78 is 5.57. The Bertz CT molecular complexity index is 590. The van der Waals surface area contributed by atoms with Gasteiger partial charge >= 0.3 is 0 Å². The number of ether oxygens (including phenoxy) is 1. The summed E-state index contributed by atoms with van der Waals surface area (Å²) in [6, 6.07) is 14.1. The number of anilines is 1. The molecule has 0 radical (unpaired) electrons. The number of hydrogen-bond acceptors (Lipinski definition) is 3. The topological polar surface area (TPSA) is 59.0 Å². The average molecular weight is 245 g/mol. The molecule has 0 aliphatic heterocycles. The van der Waals surface area contributed by atoms with Crippen LogP contribution in [0.5, 0.6) is 11.5 Å². The van der Waals surface area contributed by atoms with E-state index in [1.54, 1.807) is 30.3 Å². The second-order valence-corrected chi connectivity index (χ2v) is 3.77. The molecule has 0 saturated carbocycles. The number of benzene rings is 2. The highest BCUT2D eigenvalue weighted by atomic mass is 35.5. The van der Waals surface area contributed by atoms with Gasteiger partial charge in [0.2, 0.25) is 0 Å². The van der Waals surface area contributed by atoms with Crippen molar-refractivity contribution < 1.29 is 4.74 Å². The SMILES string of the molecule is N#Cc1cccc(Oc2ccccc2Cl)c1N. The lowest BCUT2D eigenvalue weighted by atomic mass is 10.2. The van der Waals surface area contributed by atoms with Gasteiger partial charge in [-0.1, -0.05) is 29.8 Å². The highest BCUT2D eigenvalue weighted by Crippen LogP contribution is 2.33. The van der Waals surface area contributed by atoms with Crippen LogP contribution in [-0.2, 0) is 0 Å². The van der Waals surface area contributed by atoms with E-state index in [9.17, 15) is 0 Å². The molecule has 84 valence electrons. The van der Waals surface area contributed by atoms with E-state index in [-0.39, 0.29) is 0 Å². The molecule has 0 spiro atoms. The maximum absolute atomic E-state index is 8.85. The molecule has 2 aromatic rings. The number of hydrogen-bond donors (Lipinski definition) is 1. The monoisotopic (exact) mass is 244 g/mol. The largest absolute Gasteiger partial charge is 0.454 e. The van der Waals surface area contributed by atoms with E-state index in [0.717, 1.165) is 0 Å². The predicted molar refractivity (Wildman–Crippen MR) is 67.1 cm³/mol. The van der Waals surface area contributed by atoms with E-state index < -0.39 is 0 Å². The molecular weight excluding hydrogens is 236 g/mol. The summed E-state index contributed by atoms with van der Waals surface area (Å²) in [5, 5.41) is 9.35. The molecule has 0 atom stereocenters. The van der Waals surface area contributed by atoms with Crippen LogP contribution in [0, 0.1) is 11.3 Å². The number of rotatable bonds is 2. The molecule has 0 amide bonds. The fraction of sp³-hybridized carbons (Fsp3) is 0. The fourth-order valence-electron chi connectivity index (χ4n) is 1.38. The third-order valence-corrected chi connectivity index (χ3v) is 2.56. The Labute approximate surface area is 104 Å². The van der Waals surface area contributed by atoms with E-state index in [1.807, 2.05) is 18.2 Å². The molecule has 17 heavy (non-hydrogen) atoms. The predicted octanol–water partition coefficient (Wildman–Crippen LogP) is 3.59. The van der Waals surface area contributed by atoms with Crippen LogP contribution in [0.15, 0.2) is 42.5 Å². The molecule has 0 aliphatic rings. The van der Waals surface area contributed by atoms with Gasteiger partial charge in [-0.15, -0.1) is 0 Å². The Balaban J connectivity index is 2.38. The summed E-state index contributed by atoms with van der Waals surface area (Å²) in [6.45, 7) is 0. The Kier molecular flexibility index (Phi) is 3.17. The Hall–Kier alpha value is -2.18. The molecule has 2 rings (SSSR count). The van der Waals surface area contributed by atoms with Gasteiger partial charge < -0.3 is 10.5 Å². The standard InChI is InChI=1S/C13H9ClN2O/c14-10-5-1-2-6-11(10)17-12-7-3-4-9(8-15)13(12)16/h1-7H,16H2. The van der Waals surface area contributed by atoms with Gasteiger partial charge in [0.05, 0.1) is 16.3 Å². The molecular formula is C13H9ClN2O. The van der Waals surface area contributed by atoms with Gasteiger partial charge in [0.15, 0.2) is 5.75 Å². The number of nitrogens with two attached hydrogens (primary N) is 1. The number of nitrogens with zero attached hydrogens (tertiary/aromatic N) is 1. The van der Waals surface area contributed by atoms with Crippen molar-refractivity contribution in [1.29, 1.82) is 5.26 Å². The second kappa shape index (κ2) is 4.77. The van der Waals surface area contributed by atoms with E-state index >= 15 is 0 Å². The maximum Gasteiger partial charge on any atom is 0.151 e.